The largest absolute Gasteiger partial charge is 1.00 e. The second kappa shape index (κ2) is 10.5. The van der Waals surface area contributed by atoms with Crippen molar-refractivity contribution >= 4 is 5.97 Å². The molecule has 0 N–H and O–H groups in total. The fraction of sp³-hybridized carbons (Fsp3) is 0.921. The van der Waals surface area contributed by atoms with Crippen molar-refractivity contribution in [2.24, 2.45) is 56.7 Å². The van der Waals surface area contributed by atoms with Crippen molar-refractivity contribution in [3.05, 3.63) is 12.2 Å². The molecule has 0 aromatic rings. The first kappa shape index (κ1) is 32.4. The zero-order valence-corrected chi connectivity index (χ0v) is 29.5. The average molecular weight is 615 g/mol. The lowest BCUT2D eigenvalue weighted by Gasteiger charge is -2.73. The van der Waals surface area contributed by atoms with E-state index in [1.165, 1.54) is 63.4 Å². The summed E-state index contributed by atoms with van der Waals surface area (Å²) in [6.45, 7) is 30.0. The van der Waals surface area contributed by atoms with Crippen LogP contribution in [0.3, 0.4) is 0 Å². The molecule has 0 amide bonds. The van der Waals surface area contributed by atoms with Gasteiger partial charge in [-0.15, -0.1) is 0 Å². The molecule has 8 aliphatic rings. The van der Waals surface area contributed by atoms with Crippen LogP contribution in [0.2, 0.25) is 0 Å². The third-order valence-electron chi connectivity index (χ3n) is 16.8. The summed E-state index contributed by atoms with van der Waals surface area (Å²) in [7, 11) is 0. The van der Waals surface area contributed by atoms with Crippen molar-refractivity contribution < 1.29 is 26.4 Å². The summed E-state index contributed by atoms with van der Waals surface area (Å²) >= 11 is 0. The maximum absolute atomic E-state index is 13.5. The van der Waals surface area contributed by atoms with Gasteiger partial charge in [0.15, 0.2) is 6.54 Å². The van der Waals surface area contributed by atoms with Crippen molar-refractivity contribution in [1.29, 1.82) is 0 Å². The molecule has 10 atom stereocenters. The summed E-state index contributed by atoms with van der Waals surface area (Å²) in [6.07, 6.45) is 13.4. The van der Waals surface area contributed by atoms with Gasteiger partial charge in [0.1, 0.15) is 6.10 Å². The molecule has 3 heterocycles. The Morgan fingerprint density at radius 2 is 1.49 bits per heavy atom. The van der Waals surface area contributed by atoms with Gasteiger partial charge in [-0.2, -0.15) is 0 Å². The summed E-state index contributed by atoms with van der Waals surface area (Å²) < 4.78 is 7.50. The van der Waals surface area contributed by atoms with Gasteiger partial charge in [-0.3, -0.25) is 4.90 Å². The lowest BCUT2D eigenvalue weighted by molar-refractivity contribution is -0.934. The molecule has 8 fully saturated rings. The Kier molecular flexibility index (Phi) is 7.88. The number of halogens is 1. The molecule has 0 radical (unpaired) electrons. The maximum atomic E-state index is 13.5. The average Bonchev–Trinajstić information content (AvgIpc) is 3.29. The molecule has 4 nitrogen and oxygen atoms in total. The van der Waals surface area contributed by atoms with Crippen LogP contribution in [0.1, 0.15) is 113 Å². The molecule has 244 valence electrons. The minimum Gasteiger partial charge on any atom is -1.00 e. The van der Waals surface area contributed by atoms with Crippen LogP contribution < -0.4 is 12.4 Å². The molecule has 3 saturated heterocycles. The molecule has 5 aliphatic carbocycles. The molecule has 8 rings (SSSR count). The van der Waals surface area contributed by atoms with Crippen LogP contribution in [-0.2, 0) is 9.53 Å². The summed E-state index contributed by atoms with van der Waals surface area (Å²) in [5.74, 6) is 3.89. The highest BCUT2D eigenvalue weighted by molar-refractivity contribution is 5.71. The molecule has 2 bridgehead atoms. The lowest BCUT2D eigenvalue weighted by atomic mass is 9.32. The van der Waals surface area contributed by atoms with Crippen LogP contribution in [0, 0.1) is 56.7 Å². The highest BCUT2D eigenvalue weighted by Gasteiger charge is 2.70. The standard InChI is InChI=1S/C38H63N2O2.ClH/c1-26(2)27-11-14-35(5)17-18-37(7)28(33(27)35)9-10-30-36(6)15-13-31(34(3,4)29(36)12-16-38(30,37)8)42-32(41)25-40-22-19-39(20-23-40)21-24-40;/h27-31,33H,1,9-25H2,2-8H3;1H/q+1;/p-1/t27-,28+,29-,30+,31?,33+,35+,36-,37+,38+;/m0./s1. The normalized spacial score (nSPS) is 53.0. The molecule has 0 aromatic heterocycles. The summed E-state index contributed by atoms with van der Waals surface area (Å²) in [5, 5.41) is 0. The smallest absolute Gasteiger partial charge is 0.362 e. The van der Waals surface area contributed by atoms with E-state index in [4.69, 9.17) is 4.74 Å². The zero-order chi connectivity index (χ0) is 29.9. The molecule has 43 heavy (non-hydrogen) atoms. The molecule has 5 saturated carbocycles. The number of hydrogen-bond acceptors (Lipinski definition) is 3. The molecular formula is C38H63ClN2O2. The number of rotatable bonds is 4. The fourth-order valence-electron chi connectivity index (χ4n) is 14.1. The van der Waals surface area contributed by atoms with Gasteiger partial charge in [-0.05, 0) is 122 Å². The Morgan fingerprint density at radius 1 is 0.814 bits per heavy atom. The molecule has 0 aromatic carbocycles. The minimum atomic E-state index is 0. The van der Waals surface area contributed by atoms with Gasteiger partial charge in [0.2, 0.25) is 0 Å². The monoisotopic (exact) mass is 614 g/mol. The second-order valence-electron chi connectivity index (χ2n) is 18.7. The number of carbonyl (C=O) groups excluding carboxylic acids is 1. The van der Waals surface area contributed by atoms with Crippen molar-refractivity contribution in [2.75, 3.05) is 45.8 Å². The van der Waals surface area contributed by atoms with E-state index in [1.807, 2.05) is 0 Å². The Hall–Kier alpha value is -0.580. The van der Waals surface area contributed by atoms with Crippen LogP contribution in [-0.4, -0.2) is 67.3 Å². The van der Waals surface area contributed by atoms with Crippen LogP contribution in [0.5, 0.6) is 0 Å². The SMILES string of the molecule is C=C(C)[C@@H]1CC[C@]2(C)CC[C@]3(C)[C@H](CC[C@@H]4[C@@]5(C)CCC(OC(=O)C[N+]67CCN(CC6)CC7)C(C)(C)[C@@H]5CC[C@]43C)[C@@H]12.[Cl-]. The van der Waals surface area contributed by atoms with Crippen LogP contribution >= 0.6 is 0 Å². The van der Waals surface area contributed by atoms with Gasteiger partial charge >= 0.3 is 5.97 Å². The third-order valence-corrected chi connectivity index (χ3v) is 16.8. The van der Waals surface area contributed by atoms with E-state index in [0.29, 0.717) is 34.1 Å². The van der Waals surface area contributed by atoms with Crippen LogP contribution in [0.25, 0.3) is 0 Å². The fourth-order valence-corrected chi connectivity index (χ4v) is 14.1. The van der Waals surface area contributed by atoms with E-state index >= 15 is 0 Å². The van der Waals surface area contributed by atoms with Crippen LogP contribution in [0.4, 0.5) is 0 Å². The number of hydrogen-bond donors (Lipinski definition) is 0. The highest BCUT2D eigenvalue weighted by Crippen LogP contribution is 2.77. The maximum Gasteiger partial charge on any atom is 0.362 e. The Balaban J connectivity index is 0.00000329. The van der Waals surface area contributed by atoms with Crippen molar-refractivity contribution in [1.82, 2.24) is 4.90 Å². The predicted octanol–water partition coefficient (Wildman–Crippen LogP) is 4.73. The quantitative estimate of drug-likeness (QED) is 0.261. The molecule has 0 spiro atoms. The van der Waals surface area contributed by atoms with E-state index in [-0.39, 0.29) is 29.9 Å². The van der Waals surface area contributed by atoms with Crippen molar-refractivity contribution in [3.63, 3.8) is 0 Å². The van der Waals surface area contributed by atoms with E-state index < -0.39 is 0 Å². The summed E-state index contributed by atoms with van der Waals surface area (Å²) in [6, 6.07) is 0. The minimum absolute atomic E-state index is 0. The number of esters is 1. The number of fused-ring (bicyclic) bond motifs is 10. The van der Waals surface area contributed by atoms with Crippen molar-refractivity contribution in [3.8, 4) is 0 Å². The Morgan fingerprint density at radius 3 is 2.14 bits per heavy atom. The first-order chi connectivity index (χ1) is 19.7. The number of allylic oxidation sites excluding steroid dienone is 1. The number of piperazine rings is 3. The molecule has 1 unspecified atom stereocenters. The van der Waals surface area contributed by atoms with E-state index in [0.717, 1.165) is 73.8 Å². The topological polar surface area (TPSA) is 29.5 Å². The number of ether oxygens (including phenoxy) is 1. The lowest BCUT2D eigenvalue weighted by Crippen LogP contribution is -3.00. The van der Waals surface area contributed by atoms with Gasteiger partial charge in [0.25, 0.3) is 0 Å². The van der Waals surface area contributed by atoms with Gasteiger partial charge in [-0.1, -0.05) is 53.7 Å². The number of nitrogens with zero attached hydrogens (tertiary/aromatic N) is 2. The van der Waals surface area contributed by atoms with E-state index in [1.54, 1.807) is 0 Å². The molecular weight excluding hydrogens is 552 g/mol. The van der Waals surface area contributed by atoms with Crippen molar-refractivity contribution in [2.45, 2.75) is 119 Å². The van der Waals surface area contributed by atoms with Crippen LogP contribution in [0.15, 0.2) is 12.2 Å². The number of carbonyl (C=O) groups is 1. The highest BCUT2D eigenvalue weighted by atomic mass is 35.5. The van der Waals surface area contributed by atoms with Gasteiger partial charge in [0, 0.05) is 25.0 Å². The zero-order valence-electron chi connectivity index (χ0n) is 28.8. The Labute approximate surface area is 270 Å². The predicted molar refractivity (Wildman–Crippen MR) is 171 cm³/mol. The van der Waals surface area contributed by atoms with Gasteiger partial charge in [0.05, 0.1) is 19.6 Å². The number of quaternary nitrogens is 1. The van der Waals surface area contributed by atoms with E-state index in [9.17, 15) is 4.79 Å². The van der Waals surface area contributed by atoms with Gasteiger partial charge in [-0.25, -0.2) is 4.79 Å². The molecule has 3 aliphatic heterocycles. The molecule has 5 heteroatoms. The second-order valence-corrected chi connectivity index (χ2v) is 18.7. The summed E-state index contributed by atoms with van der Waals surface area (Å²) in [4.78, 5) is 16.1. The summed E-state index contributed by atoms with van der Waals surface area (Å²) in [5.41, 5.74) is 3.17. The Bertz CT molecular complexity index is 1120. The first-order valence-electron chi connectivity index (χ1n) is 18.1. The first-order valence-corrected chi connectivity index (χ1v) is 18.1. The van der Waals surface area contributed by atoms with E-state index in [2.05, 4.69) is 59.9 Å². The van der Waals surface area contributed by atoms with Gasteiger partial charge < -0.3 is 21.6 Å². The third kappa shape index (κ3) is 4.51.